The molecule has 1 amide bonds. The molecular weight excluding hydrogens is 244 g/mol. The van der Waals surface area contributed by atoms with E-state index in [9.17, 15) is 4.79 Å². The summed E-state index contributed by atoms with van der Waals surface area (Å²) in [4.78, 5) is 16.1. The minimum Gasteiger partial charge on any atom is -0.392 e. The van der Waals surface area contributed by atoms with Crippen molar-refractivity contribution >= 4 is 11.6 Å². The van der Waals surface area contributed by atoms with E-state index in [0.29, 0.717) is 11.6 Å². The predicted molar refractivity (Wildman–Crippen MR) is 68.7 cm³/mol. The second kappa shape index (κ2) is 4.81. The lowest BCUT2D eigenvalue weighted by molar-refractivity contribution is 0.101. The lowest BCUT2D eigenvalue weighted by atomic mass is 10.2. The third-order valence-corrected chi connectivity index (χ3v) is 3.04. The molecule has 0 saturated heterocycles. The number of aromatic nitrogens is 3. The van der Waals surface area contributed by atoms with Crippen LogP contribution in [0.15, 0.2) is 24.3 Å². The van der Waals surface area contributed by atoms with Gasteiger partial charge in [-0.3, -0.25) is 9.89 Å². The van der Waals surface area contributed by atoms with Crippen molar-refractivity contribution in [3.63, 3.8) is 0 Å². The Kier molecular flexibility index (Phi) is 3.00. The van der Waals surface area contributed by atoms with Gasteiger partial charge in [-0.25, -0.2) is 4.98 Å². The molecule has 6 heteroatoms. The maximum absolute atomic E-state index is 12.0. The lowest BCUT2D eigenvalue weighted by Gasteiger charge is -2.03. The largest absolute Gasteiger partial charge is 0.392 e. The number of nitrogens with one attached hydrogen (secondary N) is 2. The van der Waals surface area contributed by atoms with Crippen LogP contribution in [-0.4, -0.2) is 26.2 Å². The zero-order chi connectivity index (χ0) is 13.2. The lowest BCUT2D eigenvalue weighted by Crippen LogP contribution is -2.14. The van der Waals surface area contributed by atoms with E-state index in [0.717, 1.165) is 24.2 Å². The highest BCUT2D eigenvalue weighted by molar-refractivity contribution is 6.01. The maximum atomic E-state index is 12.0. The van der Waals surface area contributed by atoms with Gasteiger partial charge in [0, 0.05) is 11.6 Å². The van der Waals surface area contributed by atoms with Gasteiger partial charge >= 0.3 is 0 Å². The van der Waals surface area contributed by atoms with Gasteiger partial charge in [-0.1, -0.05) is 12.1 Å². The minimum absolute atomic E-state index is 0.0593. The molecule has 6 nitrogen and oxygen atoms in total. The normalized spacial score (nSPS) is 14.4. The van der Waals surface area contributed by atoms with Gasteiger partial charge in [0.2, 0.25) is 5.82 Å². The highest BCUT2D eigenvalue weighted by Crippen LogP contribution is 2.37. The van der Waals surface area contributed by atoms with Crippen molar-refractivity contribution in [2.75, 3.05) is 5.32 Å². The van der Waals surface area contributed by atoms with Crippen LogP contribution in [0.2, 0.25) is 0 Å². The molecule has 19 heavy (non-hydrogen) atoms. The van der Waals surface area contributed by atoms with Gasteiger partial charge in [-0.2, -0.15) is 0 Å². The topological polar surface area (TPSA) is 90.9 Å². The minimum atomic E-state index is -0.349. The van der Waals surface area contributed by atoms with Crippen molar-refractivity contribution in [3.8, 4) is 0 Å². The highest BCUT2D eigenvalue weighted by atomic mass is 16.3. The number of hydrogen-bond donors (Lipinski definition) is 3. The number of anilines is 1. The smallest absolute Gasteiger partial charge is 0.295 e. The molecule has 0 radical (unpaired) electrons. The molecule has 1 saturated carbocycles. The number of nitrogens with zero attached hydrogens (tertiary/aromatic N) is 2. The first kappa shape index (κ1) is 11.9. The number of aliphatic hydroxyl groups excluding tert-OH is 1. The van der Waals surface area contributed by atoms with Crippen LogP contribution in [0.1, 0.15) is 40.8 Å². The van der Waals surface area contributed by atoms with Gasteiger partial charge in [0.05, 0.1) is 6.61 Å². The van der Waals surface area contributed by atoms with Crippen molar-refractivity contribution in [2.45, 2.75) is 25.4 Å². The van der Waals surface area contributed by atoms with E-state index in [-0.39, 0.29) is 18.3 Å². The van der Waals surface area contributed by atoms with E-state index in [2.05, 4.69) is 20.5 Å². The first-order valence-electron chi connectivity index (χ1n) is 6.19. The van der Waals surface area contributed by atoms with Crippen molar-refractivity contribution in [1.29, 1.82) is 0 Å². The molecule has 1 heterocycles. The molecule has 1 aromatic carbocycles. The fourth-order valence-corrected chi connectivity index (χ4v) is 1.85. The number of aromatic amines is 1. The second-order valence-corrected chi connectivity index (χ2v) is 4.63. The first-order chi connectivity index (χ1) is 9.26. The van der Waals surface area contributed by atoms with Crippen LogP contribution in [-0.2, 0) is 6.61 Å². The van der Waals surface area contributed by atoms with Crippen molar-refractivity contribution in [2.24, 2.45) is 0 Å². The molecule has 1 aliphatic rings. The van der Waals surface area contributed by atoms with Crippen LogP contribution in [0.25, 0.3) is 0 Å². The van der Waals surface area contributed by atoms with Gasteiger partial charge in [-0.05, 0) is 30.5 Å². The molecule has 0 bridgehead atoms. The zero-order valence-electron chi connectivity index (χ0n) is 10.3. The van der Waals surface area contributed by atoms with E-state index in [1.807, 2.05) is 0 Å². The third-order valence-electron chi connectivity index (χ3n) is 3.04. The molecule has 1 fully saturated rings. The summed E-state index contributed by atoms with van der Waals surface area (Å²) in [6.07, 6.45) is 2.21. The Morgan fingerprint density at radius 3 is 3.05 bits per heavy atom. The first-order valence-corrected chi connectivity index (χ1v) is 6.19. The van der Waals surface area contributed by atoms with E-state index in [1.165, 1.54) is 0 Å². The number of hydrogen-bond acceptors (Lipinski definition) is 4. The second-order valence-electron chi connectivity index (χ2n) is 4.63. The summed E-state index contributed by atoms with van der Waals surface area (Å²) in [5.74, 6) is 1.02. The fourth-order valence-electron chi connectivity index (χ4n) is 1.85. The molecule has 0 spiro atoms. The summed E-state index contributed by atoms with van der Waals surface area (Å²) in [5, 5.41) is 18.5. The number of benzene rings is 1. The van der Waals surface area contributed by atoms with Crippen LogP contribution in [0.3, 0.4) is 0 Å². The van der Waals surface area contributed by atoms with Crippen molar-refractivity contribution in [1.82, 2.24) is 15.2 Å². The van der Waals surface area contributed by atoms with E-state index < -0.39 is 0 Å². The summed E-state index contributed by atoms with van der Waals surface area (Å²) in [5.41, 5.74) is 1.36. The Labute approximate surface area is 109 Å². The van der Waals surface area contributed by atoms with Gasteiger partial charge in [0.15, 0.2) is 0 Å². The van der Waals surface area contributed by atoms with E-state index in [1.54, 1.807) is 24.3 Å². The van der Waals surface area contributed by atoms with Crippen molar-refractivity contribution < 1.29 is 9.90 Å². The molecule has 3 N–H and O–H groups in total. The number of carbonyl (C=O) groups excluding carboxylic acids is 1. The molecule has 2 aromatic rings. The van der Waals surface area contributed by atoms with Crippen LogP contribution >= 0.6 is 0 Å². The Morgan fingerprint density at radius 2 is 2.32 bits per heavy atom. The predicted octanol–water partition coefficient (Wildman–Crippen LogP) is 1.43. The van der Waals surface area contributed by atoms with Gasteiger partial charge in [0.1, 0.15) is 5.82 Å². The number of amides is 1. The molecule has 1 aromatic heterocycles. The summed E-state index contributed by atoms with van der Waals surface area (Å²) in [6.45, 7) is -0.0593. The molecule has 98 valence electrons. The van der Waals surface area contributed by atoms with Gasteiger partial charge in [-0.15, -0.1) is 5.10 Å². The third kappa shape index (κ3) is 2.63. The summed E-state index contributed by atoms with van der Waals surface area (Å²) in [6, 6.07) is 7.03. The molecule has 1 aliphatic carbocycles. The highest BCUT2D eigenvalue weighted by Gasteiger charge is 2.28. The van der Waals surface area contributed by atoms with Gasteiger partial charge in [0.25, 0.3) is 5.91 Å². The summed E-state index contributed by atoms with van der Waals surface area (Å²) < 4.78 is 0. The number of carbonyl (C=O) groups is 1. The van der Waals surface area contributed by atoms with Crippen LogP contribution < -0.4 is 5.32 Å². The molecule has 3 rings (SSSR count). The van der Waals surface area contributed by atoms with Crippen LogP contribution in [0, 0.1) is 0 Å². The maximum Gasteiger partial charge on any atom is 0.295 e. The van der Waals surface area contributed by atoms with E-state index >= 15 is 0 Å². The number of aliphatic hydroxyl groups is 1. The number of rotatable bonds is 4. The number of H-pyrrole nitrogens is 1. The average molecular weight is 258 g/mol. The average Bonchev–Trinajstić information content (AvgIpc) is 3.16. The van der Waals surface area contributed by atoms with Crippen LogP contribution in [0.5, 0.6) is 0 Å². The Hall–Kier alpha value is -2.21. The van der Waals surface area contributed by atoms with Crippen molar-refractivity contribution in [3.05, 3.63) is 41.5 Å². The van der Waals surface area contributed by atoms with Crippen LogP contribution in [0.4, 0.5) is 5.69 Å². The molecular formula is C13H14N4O2. The summed E-state index contributed by atoms with van der Waals surface area (Å²) >= 11 is 0. The summed E-state index contributed by atoms with van der Waals surface area (Å²) in [7, 11) is 0. The molecule has 0 atom stereocenters. The SMILES string of the molecule is O=C(Nc1cccc(CO)c1)c1n[nH]c(C2CC2)n1. The fraction of sp³-hybridized carbons (Fsp3) is 0.308. The Balaban J connectivity index is 1.72. The quantitative estimate of drug-likeness (QED) is 0.773. The Bertz CT molecular complexity index is 604. The monoisotopic (exact) mass is 258 g/mol. The molecule has 0 unspecified atom stereocenters. The molecule has 0 aliphatic heterocycles. The standard InChI is InChI=1S/C13H14N4O2/c18-7-8-2-1-3-10(6-8)14-13(19)12-15-11(16-17-12)9-4-5-9/h1-3,6,9,18H,4-5,7H2,(H,14,19)(H,15,16,17). The van der Waals surface area contributed by atoms with E-state index in [4.69, 9.17) is 5.11 Å². The zero-order valence-corrected chi connectivity index (χ0v) is 10.3. The Morgan fingerprint density at radius 1 is 1.47 bits per heavy atom. The van der Waals surface area contributed by atoms with Gasteiger partial charge < -0.3 is 10.4 Å².